The van der Waals surface area contributed by atoms with Crippen molar-refractivity contribution in [3.8, 4) is 0 Å². The van der Waals surface area contributed by atoms with E-state index >= 15 is 0 Å². The molecule has 1 aliphatic rings. The maximum atomic E-state index is 12.0. The monoisotopic (exact) mass is 427 g/mol. The van der Waals surface area contributed by atoms with Gasteiger partial charge in [-0.2, -0.15) is 0 Å². The molecule has 0 unspecified atom stereocenters. The van der Waals surface area contributed by atoms with Gasteiger partial charge in [0.2, 0.25) is 0 Å². The summed E-state index contributed by atoms with van der Waals surface area (Å²) in [6.07, 6.45) is 0.551. The molecule has 0 saturated carbocycles. The fraction of sp³-hybridized carbons (Fsp3) is 0.500. The number of ether oxygens (including phenoxy) is 2. The maximum absolute atomic E-state index is 12.0. The second-order valence-corrected chi connectivity index (χ2v) is 7.87. The Kier molecular flexibility index (Phi) is 5.97. The number of benzene rings is 1. The van der Waals surface area contributed by atoms with Crippen molar-refractivity contribution in [3.63, 3.8) is 0 Å². The van der Waals surface area contributed by atoms with Crippen molar-refractivity contribution in [2.45, 2.75) is 45.4 Å². The third-order valence-corrected chi connectivity index (χ3v) is 5.80. The molecule has 0 radical (unpaired) electrons. The van der Waals surface area contributed by atoms with Gasteiger partial charge >= 0.3 is 6.09 Å². The van der Waals surface area contributed by atoms with E-state index in [9.17, 15) is 9.90 Å². The van der Waals surface area contributed by atoms with Crippen LogP contribution in [-0.2, 0) is 22.6 Å². The van der Waals surface area contributed by atoms with Crippen LogP contribution in [0.4, 0.5) is 10.6 Å². The number of aromatic nitrogens is 3. The van der Waals surface area contributed by atoms with Gasteiger partial charge in [-0.25, -0.2) is 14.8 Å². The van der Waals surface area contributed by atoms with Gasteiger partial charge in [0, 0.05) is 25.1 Å². The first-order valence-corrected chi connectivity index (χ1v) is 10.7. The Labute approximate surface area is 180 Å². The van der Waals surface area contributed by atoms with Crippen molar-refractivity contribution in [3.05, 3.63) is 30.1 Å². The highest BCUT2D eigenvalue weighted by atomic mass is 16.6. The summed E-state index contributed by atoms with van der Waals surface area (Å²) in [6.45, 7) is 6.12. The summed E-state index contributed by atoms with van der Waals surface area (Å²) in [4.78, 5) is 22.9. The summed E-state index contributed by atoms with van der Waals surface area (Å²) in [5.41, 5.74) is 7.48. The third kappa shape index (κ3) is 4.15. The number of anilines is 1. The molecule has 1 aromatic carbocycles. The number of nitrogen functional groups attached to an aromatic ring is 1. The van der Waals surface area contributed by atoms with E-state index < -0.39 is 5.60 Å². The van der Waals surface area contributed by atoms with Crippen molar-refractivity contribution in [1.29, 1.82) is 0 Å². The molecule has 0 atom stereocenters. The molecule has 2 aromatic heterocycles. The van der Waals surface area contributed by atoms with E-state index in [0.29, 0.717) is 69.5 Å². The molecule has 3 aromatic rings. The van der Waals surface area contributed by atoms with Gasteiger partial charge in [0.1, 0.15) is 17.9 Å². The Morgan fingerprint density at radius 2 is 1.94 bits per heavy atom. The van der Waals surface area contributed by atoms with Crippen LogP contribution in [0.3, 0.4) is 0 Å². The van der Waals surface area contributed by atoms with Crippen LogP contribution in [0.15, 0.2) is 24.3 Å². The number of para-hydroxylation sites is 1. The summed E-state index contributed by atoms with van der Waals surface area (Å²) >= 11 is 0. The van der Waals surface area contributed by atoms with Gasteiger partial charge in [-0.15, -0.1) is 0 Å². The molecule has 9 nitrogen and oxygen atoms in total. The molecule has 0 bridgehead atoms. The van der Waals surface area contributed by atoms with Crippen molar-refractivity contribution >= 4 is 33.8 Å². The van der Waals surface area contributed by atoms with E-state index in [4.69, 9.17) is 20.2 Å². The zero-order valence-corrected chi connectivity index (χ0v) is 18.0. The molecule has 1 fully saturated rings. The molecule has 1 aliphatic heterocycles. The van der Waals surface area contributed by atoms with Crippen LogP contribution >= 0.6 is 0 Å². The van der Waals surface area contributed by atoms with Crippen LogP contribution < -0.4 is 5.73 Å². The second kappa shape index (κ2) is 8.68. The largest absolute Gasteiger partial charge is 0.450 e. The summed E-state index contributed by atoms with van der Waals surface area (Å²) < 4.78 is 12.7. The van der Waals surface area contributed by atoms with Crippen LogP contribution in [0.25, 0.3) is 21.9 Å². The van der Waals surface area contributed by atoms with Crippen molar-refractivity contribution in [2.75, 3.05) is 32.0 Å². The van der Waals surface area contributed by atoms with Crippen LogP contribution in [0.5, 0.6) is 0 Å². The molecule has 166 valence electrons. The summed E-state index contributed by atoms with van der Waals surface area (Å²) in [6, 6.07) is 7.77. The van der Waals surface area contributed by atoms with Gasteiger partial charge in [0.25, 0.3) is 0 Å². The predicted molar refractivity (Wildman–Crippen MR) is 118 cm³/mol. The number of hydrogen-bond acceptors (Lipinski definition) is 7. The lowest BCUT2D eigenvalue weighted by atomic mass is 9.91. The zero-order valence-electron chi connectivity index (χ0n) is 18.0. The number of carbonyl (C=O) groups excluding carboxylic acids is 1. The smallest absolute Gasteiger partial charge is 0.409 e. The highest BCUT2D eigenvalue weighted by Gasteiger charge is 2.36. The Bertz CT molecular complexity index is 1090. The highest BCUT2D eigenvalue weighted by Crippen LogP contribution is 2.32. The molecule has 3 heterocycles. The molecule has 1 saturated heterocycles. The zero-order chi connectivity index (χ0) is 22.0. The molecule has 1 amide bonds. The Hall–Kier alpha value is -2.91. The lowest BCUT2D eigenvalue weighted by Crippen LogP contribution is -2.49. The molecular formula is C22H29N5O4. The van der Waals surface area contributed by atoms with E-state index in [1.807, 2.05) is 35.8 Å². The highest BCUT2D eigenvalue weighted by molar-refractivity contribution is 6.06. The quantitative estimate of drug-likeness (QED) is 0.621. The fourth-order valence-electron chi connectivity index (χ4n) is 4.15. The number of likely N-dealkylation sites (tertiary alicyclic amines) is 1. The Morgan fingerprint density at radius 3 is 2.65 bits per heavy atom. The van der Waals surface area contributed by atoms with Gasteiger partial charge in [-0.1, -0.05) is 18.2 Å². The van der Waals surface area contributed by atoms with E-state index in [2.05, 4.69) is 4.98 Å². The molecule has 4 rings (SSSR count). The van der Waals surface area contributed by atoms with Crippen molar-refractivity contribution < 1.29 is 19.4 Å². The van der Waals surface area contributed by atoms with E-state index in [1.165, 1.54) is 0 Å². The summed E-state index contributed by atoms with van der Waals surface area (Å²) in [5.74, 6) is 1.05. The van der Waals surface area contributed by atoms with Gasteiger partial charge < -0.3 is 29.8 Å². The molecule has 31 heavy (non-hydrogen) atoms. The van der Waals surface area contributed by atoms with Crippen LogP contribution in [0.1, 0.15) is 32.5 Å². The predicted octanol–water partition coefficient (Wildman–Crippen LogP) is 2.69. The van der Waals surface area contributed by atoms with E-state index in [1.54, 1.807) is 11.8 Å². The number of pyridine rings is 1. The number of hydrogen-bond donors (Lipinski definition) is 2. The van der Waals surface area contributed by atoms with Crippen LogP contribution in [0.2, 0.25) is 0 Å². The van der Waals surface area contributed by atoms with E-state index in [0.717, 1.165) is 16.4 Å². The number of amides is 1. The number of piperidine rings is 1. The SMILES string of the molecule is CCOCc1nc2c(N)nc3ccccc3c2n1CC1(O)CCN(C(=O)OCC)CC1. The van der Waals surface area contributed by atoms with E-state index in [-0.39, 0.29) is 6.09 Å². The number of rotatable bonds is 6. The number of fused-ring (bicyclic) bond motifs is 3. The summed E-state index contributed by atoms with van der Waals surface area (Å²) in [7, 11) is 0. The maximum Gasteiger partial charge on any atom is 0.409 e. The average Bonchev–Trinajstić information content (AvgIpc) is 3.11. The molecule has 9 heteroatoms. The fourth-order valence-corrected chi connectivity index (χ4v) is 4.15. The number of nitrogens with two attached hydrogens (primary N) is 1. The third-order valence-electron chi connectivity index (χ3n) is 5.80. The lowest BCUT2D eigenvalue weighted by Gasteiger charge is -2.38. The van der Waals surface area contributed by atoms with Crippen molar-refractivity contribution in [1.82, 2.24) is 19.4 Å². The van der Waals surface area contributed by atoms with Gasteiger partial charge in [-0.3, -0.25) is 0 Å². The molecule has 0 aliphatic carbocycles. The standard InChI is InChI=1S/C22H29N5O4/c1-3-30-13-17-25-18-19(15-7-5-6-8-16(15)24-20(18)23)27(17)14-22(29)9-11-26(12-10-22)21(28)31-4-2/h5-8,29H,3-4,9-14H2,1-2H3,(H2,23,24). The van der Waals surface area contributed by atoms with Gasteiger partial charge in [-0.05, 0) is 32.8 Å². The molecular weight excluding hydrogens is 398 g/mol. The second-order valence-electron chi connectivity index (χ2n) is 7.87. The van der Waals surface area contributed by atoms with Crippen LogP contribution in [0, 0.1) is 0 Å². The minimum absolute atomic E-state index is 0.310. The van der Waals surface area contributed by atoms with Crippen molar-refractivity contribution in [2.24, 2.45) is 0 Å². The minimum Gasteiger partial charge on any atom is -0.450 e. The topological polar surface area (TPSA) is 116 Å². The van der Waals surface area contributed by atoms with Crippen LogP contribution in [-0.4, -0.2) is 62.5 Å². The first-order chi connectivity index (χ1) is 15.0. The molecule has 0 spiro atoms. The van der Waals surface area contributed by atoms with Gasteiger partial charge in [0.05, 0.1) is 29.8 Å². The number of carbonyl (C=O) groups is 1. The normalized spacial score (nSPS) is 16.2. The Morgan fingerprint density at radius 1 is 1.19 bits per heavy atom. The average molecular weight is 428 g/mol. The van der Waals surface area contributed by atoms with Gasteiger partial charge in [0.15, 0.2) is 5.82 Å². The number of nitrogens with zero attached hydrogens (tertiary/aromatic N) is 4. The molecule has 3 N–H and O–H groups in total. The first-order valence-electron chi connectivity index (χ1n) is 10.7. The first kappa shape index (κ1) is 21.3. The minimum atomic E-state index is -0.989. The Balaban J connectivity index is 1.71. The summed E-state index contributed by atoms with van der Waals surface area (Å²) in [5, 5.41) is 12.3. The number of imidazole rings is 1. The lowest BCUT2D eigenvalue weighted by molar-refractivity contribution is -0.0327. The number of aliphatic hydroxyl groups is 1.